The van der Waals surface area contributed by atoms with Crippen LogP contribution in [0.15, 0.2) is 8.42 Å². The molecule has 0 aromatic carbocycles. The van der Waals surface area contributed by atoms with Crippen LogP contribution in [0.1, 0.15) is 0 Å². The van der Waals surface area contributed by atoms with Crippen LogP contribution in [0.5, 0.6) is 0 Å². The Hall–Kier alpha value is -0.0900. The molecular formula is C7H6O4S5. The minimum atomic E-state index is -0.900. The molecule has 0 aliphatic carbocycles. The zero-order valence-corrected chi connectivity index (χ0v) is 11.7. The van der Waals surface area contributed by atoms with E-state index in [2.05, 4.69) is 0 Å². The second-order valence-corrected chi connectivity index (χ2v) is 8.11. The first-order chi connectivity index (χ1) is 7.49. The van der Waals surface area contributed by atoms with E-state index in [1.807, 2.05) is 0 Å². The minimum absolute atomic E-state index is 0.0390. The monoisotopic (exact) mass is 314 g/mol. The predicted octanol–water partition coefficient (Wildman–Crippen LogP) is 2.89. The number of carboxylic acids is 2. The second kappa shape index (κ2) is 6.60. The molecule has 0 radical (unpaired) electrons. The molecule has 0 saturated heterocycles. The topological polar surface area (TPSA) is 74.6 Å². The molecule has 4 nitrogen and oxygen atoms in total. The zero-order valence-electron chi connectivity index (χ0n) is 7.67. The van der Waals surface area contributed by atoms with E-state index in [-0.39, 0.29) is 11.5 Å². The summed E-state index contributed by atoms with van der Waals surface area (Å²) in [6, 6.07) is 0. The molecule has 88 valence electrons. The van der Waals surface area contributed by atoms with Crippen LogP contribution >= 0.6 is 58.4 Å². The van der Waals surface area contributed by atoms with Crippen LogP contribution in [0.25, 0.3) is 0 Å². The van der Waals surface area contributed by atoms with E-state index in [0.717, 1.165) is 8.42 Å². The Morgan fingerprint density at radius 3 is 1.75 bits per heavy atom. The molecule has 0 amide bonds. The van der Waals surface area contributed by atoms with Crippen LogP contribution in [0.4, 0.5) is 0 Å². The highest BCUT2D eigenvalue weighted by Gasteiger charge is 2.11. The Bertz CT molecular complexity index is 409. The molecular weight excluding hydrogens is 308 g/mol. The normalized spacial score (nSPS) is 10.2. The van der Waals surface area contributed by atoms with Gasteiger partial charge in [-0.15, -0.1) is 46.2 Å². The molecule has 0 fully saturated rings. The third kappa shape index (κ3) is 4.83. The molecule has 1 aromatic rings. The van der Waals surface area contributed by atoms with Crippen molar-refractivity contribution in [1.29, 1.82) is 0 Å². The Kier molecular flexibility index (Phi) is 5.76. The molecule has 0 atom stereocenters. The van der Waals surface area contributed by atoms with Crippen molar-refractivity contribution in [3.05, 3.63) is 3.14 Å². The lowest BCUT2D eigenvalue weighted by molar-refractivity contribution is -0.134. The molecule has 16 heavy (non-hydrogen) atoms. The summed E-state index contributed by atoms with van der Waals surface area (Å²) >= 11 is 10.0. The second-order valence-electron chi connectivity index (χ2n) is 2.39. The van der Waals surface area contributed by atoms with E-state index < -0.39 is 11.9 Å². The largest absolute Gasteiger partial charge is 0.481 e. The van der Waals surface area contributed by atoms with E-state index in [1.165, 1.54) is 46.2 Å². The van der Waals surface area contributed by atoms with E-state index in [0.29, 0.717) is 3.14 Å². The SMILES string of the molecule is O=C(O)CSc1sc(=S)sc1SCC(=O)O. The van der Waals surface area contributed by atoms with Gasteiger partial charge < -0.3 is 10.2 Å². The first kappa shape index (κ1) is 14.0. The molecule has 0 aliphatic heterocycles. The summed E-state index contributed by atoms with van der Waals surface area (Å²) < 4.78 is 2.27. The van der Waals surface area contributed by atoms with Gasteiger partial charge in [-0.1, -0.05) is 12.2 Å². The van der Waals surface area contributed by atoms with Crippen molar-refractivity contribution >= 4 is 70.4 Å². The predicted molar refractivity (Wildman–Crippen MR) is 69.7 cm³/mol. The van der Waals surface area contributed by atoms with Gasteiger partial charge in [-0.3, -0.25) is 9.59 Å². The van der Waals surface area contributed by atoms with Gasteiger partial charge in [-0.05, 0) is 0 Å². The van der Waals surface area contributed by atoms with Crippen LogP contribution < -0.4 is 0 Å². The fourth-order valence-corrected chi connectivity index (χ4v) is 6.23. The van der Waals surface area contributed by atoms with Gasteiger partial charge in [-0.2, -0.15) is 0 Å². The van der Waals surface area contributed by atoms with Gasteiger partial charge in [0, 0.05) is 0 Å². The van der Waals surface area contributed by atoms with Gasteiger partial charge in [0.2, 0.25) is 0 Å². The highest BCUT2D eigenvalue weighted by atomic mass is 32.2. The van der Waals surface area contributed by atoms with Gasteiger partial charge >= 0.3 is 11.9 Å². The van der Waals surface area contributed by atoms with Gasteiger partial charge in [0.05, 0.1) is 19.9 Å². The average Bonchev–Trinajstić information content (AvgIpc) is 2.52. The van der Waals surface area contributed by atoms with Crippen LogP contribution in [-0.2, 0) is 9.59 Å². The van der Waals surface area contributed by atoms with Crippen molar-refractivity contribution in [3.8, 4) is 0 Å². The molecule has 9 heteroatoms. The molecule has 2 N–H and O–H groups in total. The van der Waals surface area contributed by atoms with Crippen molar-refractivity contribution in [3.63, 3.8) is 0 Å². The van der Waals surface area contributed by atoms with Crippen LogP contribution in [-0.4, -0.2) is 33.7 Å². The molecule has 0 saturated carbocycles. The zero-order chi connectivity index (χ0) is 12.1. The summed E-state index contributed by atoms with van der Waals surface area (Å²) in [6.45, 7) is 0. The fraction of sp³-hybridized carbons (Fsp3) is 0.286. The highest BCUT2D eigenvalue weighted by molar-refractivity contribution is 8.05. The maximum absolute atomic E-state index is 10.4. The fourth-order valence-electron chi connectivity index (χ4n) is 0.687. The van der Waals surface area contributed by atoms with Gasteiger partial charge in [0.15, 0.2) is 0 Å². The van der Waals surface area contributed by atoms with Crippen molar-refractivity contribution in [2.24, 2.45) is 0 Å². The number of carboxylic acid groups (broad SMARTS) is 2. The van der Waals surface area contributed by atoms with Crippen molar-refractivity contribution in [2.75, 3.05) is 11.5 Å². The summed E-state index contributed by atoms with van der Waals surface area (Å²) in [4.78, 5) is 20.8. The number of rotatable bonds is 6. The maximum Gasteiger partial charge on any atom is 0.313 e. The standard InChI is InChI=1S/C7H6O4S5/c8-3(9)1-13-5-6(14-2-4(10)11)16-7(12)15-5/h1-2H2,(H,8,9)(H,10,11). The van der Waals surface area contributed by atoms with Gasteiger partial charge in [-0.25, -0.2) is 0 Å². The number of carbonyl (C=O) groups is 2. The van der Waals surface area contributed by atoms with Crippen LogP contribution in [0.2, 0.25) is 0 Å². The molecule has 0 aliphatic rings. The molecule has 1 heterocycles. The third-order valence-electron chi connectivity index (χ3n) is 1.17. The molecule has 1 rings (SSSR count). The smallest absolute Gasteiger partial charge is 0.313 e. The van der Waals surface area contributed by atoms with E-state index in [1.54, 1.807) is 0 Å². The van der Waals surface area contributed by atoms with Gasteiger partial charge in [0.1, 0.15) is 3.14 Å². The Balaban J connectivity index is 2.70. The molecule has 1 aromatic heterocycles. The quantitative estimate of drug-likeness (QED) is 0.617. The summed E-state index contributed by atoms with van der Waals surface area (Å²) in [7, 11) is 0. The number of aliphatic carboxylic acids is 2. The maximum atomic E-state index is 10.4. The lowest BCUT2D eigenvalue weighted by atomic mass is 10.8. The summed E-state index contributed by atoms with van der Waals surface area (Å²) in [6.07, 6.45) is 0. The molecule has 0 spiro atoms. The lowest BCUT2D eigenvalue weighted by Crippen LogP contribution is -1.98. The summed E-state index contributed by atoms with van der Waals surface area (Å²) in [5.74, 6) is -1.88. The minimum Gasteiger partial charge on any atom is -0.481 e. The summed E-state index contributed by atoms with van der Waals surface area (Å²) in [5, 5.41) is 17.1. The number of thioether (sulfide) groups is 2. The Morgan fingerprint density at radius 2 is 1.44 bits per heavy atom. The molecule has 0 bridgehead atoms. The Labute approximate surface area is 113 Å². The van der Waals surface area contributed by atoms with E-state index in [4.69, 9.17) is 22.4 Å². The molecule has 0 unspecified atom stereocenters. The first-order valence-electron chi connectivity index (χ1n) is 3.82. The average molecular weight is 314 g/mol. The highest BCUT2D eigenvalue weighted by Crippen LogP contribution is 2.40. The first-order valence-corrected chi connectivity index (χ1v) is 7.83. The van der Waals surface area contributed by atoms with Crippen molar-refractivity contribution < 1.29 is 19.8 Å². The lowest BCUT2D eigenvalue weighted by Gasteiger charge is -1.98. The van der Waals surface area contributed by atoms with Gasteiger partial charge in [0.25, 0.3) is 0 Å². The van der Waals surface area contributed by atoms with Crippen molar-refractivity contribution in [1.82, 2.24) is 0 Å². The van der Waals surface area contributed by atoms with Crippen molar-refractivity contribution in [2.45, 2.75) is 8.42 Å². The van der Waals surface area contributed by atoms with Crippen LogP contribution in [0.3, 0.4) is 0 Å². The number of hydrogen-bond acceptors (Lipinski definition) is 7. The third-order valence-corrected chi connectivity index (χ3v) is 6.72. The number of hydrogen-bond donors (Lipinski definition) is 2. The Morgan fingerprint density at radius 1 is 1.06 bits per heavy atom. The van der Waals surface area contributed by atoms with Crippen LogP contribution in [0, 0.1) is 3.14 Å². The van der Waals surface area contributed by atoms with E-state index >= 15 is 0 Å². The summed E-state index contributed by atoms with van der Waals surface area (Å²) in [5.41, 5.74) is 0. The van der Waals surface area contributed by atoms with E-state index in [9.17, 15) is 9.59 Å².